The van der Waals surface area contributed by atoms with Gasteiger partial charge in [0, 0.05) is 29.8 Å². The van der Waals surface area contributed by atoms with Crippen molar-refractivity contribution in [3.8, 4) is 0 Å². The molecule has 2 heterocycles. The first kappa shape index (κ1) is 18.3. The van der Waals surface area contributed by atoms with Gasteiger partial charge in [-0.15, -0.1) is 11.3 Å². The van der Waals surface area contributed by atoms with E-state index in [2.05, 4.69) is 18.8 Å². The van der Waals surface area contributed by atoms with Gasteiger partial charge in [0.1, 0.15) is 6.54 Å². The van der Waals surface area contributed by atoms with Gasteiger partial charge in [-0.3, -0.25) is 14.2 Å². The zero-order chi connectivity index (χ0) is 18.8. The number of aryl methyl sites for hydroxylation is 1. The van der Waals surface area contributed by atoms with Crippen LogP contribution in [-0.4, -0.2) is 27.4 Å². The molecule has 6 heteroatoms. The summed E-state index contributed by atoms with van der Waals surface area (Å²) in [5.74, 6) is 0.271. The van der Waals surface area contributed by atoms with Crippen molar-refractivity contribution in [2.75, 3.05) is 7.05 Å². The predicted molar refractivity (Wildman–Crippen MR) is 106 cm³/mol. The molecule has 0 aliphatic heterocycles. The highest BCUT2D eigenvalue weighted by Gasteiger charge is 2.15. The second-order valence-corrected chi connectivity index (χ2v) is 7.74. The number of nitrogens with zero attached hydrogens (tertiary/aromatic N) is 3. The Labute approximate surface area is 156 Å². The Balaban J connectivity index is 1.81. The van der Waals surface area contributed by atoms with Gasteiger partial charge in [0.05, 0.1) is 22.8 Å². The quantitative estimate of drug-likeness (QED) is 0.691. The van der Waals surface area contributed by atoms with Gasteiger partial charge in [-0.1, -0.05) is 32.0 Å². The highest BCUT2D eigenvalue weighted by molar-refractivity contribution is 7.09. The Hall–Kier alpha value is -2.47. The minimum atomic E-state index is -0.154. The van der Waals surface area contributed by atoms with Crippen molar-refractivity contribution in [3.05, 3.63) is 62.3 Å². The maximum atomic E-state index is 12.7. The van der Waals surface area contributed by atoms with E-state index in [0.29, 0.717) is 12.5 Å². The van der Waals surface area contributed by atoms with E-state index >= 15 is 0 Å². The average Bonchev–Trinajstić information content (AvgIpc) is 3.07. The third-order valence-electron chi connectivity index (χ3n) is 4.41. The minimum absolute atomic E-state index is 0.0251. The molecule has 3 aromatic rings. The Morgan fingerprint density at radius 3 is 2.73 bits per heavy atom. The van der Waals surface area contributed by atoms with Crippen LogP contribution in [0.5, 0.6) is 0 Å². The van der Waals surface area contributed by atoms with E-state index in [9.17, 15) is 9.59 Å². The molecule has 0 N–H and O–H groups in total. The van der Waals surface area contributed by atoms with Gasteiger partial charge in [-0.05, 0) is 18.6 Å². The summed E-state index contributed by atoms with van der Waals surface area (Å²) in [4.78, 5) is 31.3. The van der Waals surface area contributed by atoms with Crippen molar-refractivity contribution in [1.82, 2.24) is 14.5 Å². The second kappa shape index (κ2) is 7.41. The number of carbonyl (C=O) groups is 1. The lowest BCUT2D eigenvalue weighted by Crippen LogP contribution is -2.33. The molecule has 3 rings (SSSR count). The molecule has 26 heavy (non-hydrogen) atoms. The molecule has 0 radical (unpaired) electrons. The molecule has 0 aliphatic rings. The van der Waals surface area contributed by atoms with E-state index in [1.807, 2.05) is 36.6 Å². The molecule has 1 amide bonds. The Morgan fingerprint density at radius 1 is 1.31 bits per heavy atom. The number of aromatic nitrogens is 2. The monoisotopic (exact) mass is 369 g/mol. The number of hydrogen-bond donors (Lipinski definition) is 0. The van der Waals surface area contributed by atoms with Crippen LogP contribution < -0.4 is 5.56 Å². The molecular formula is C20H23N3O2S. The summed E-state index contributed by atoms with van der Waals surface area (Å²) in [5.41, 5.74) is 2.44. The van der Waals surface area contributed by atoms with Gasteiger partial charge in [0.2, 0.25) is 5.91 Å². The maximum absolute atomic E-state index is 12.7. The zero-order valence-corrected chi connectivity index (χ0v) is 16.3. The lowest BCUT2D eigenvalue weighted by Gasteiger charge is -2.18. The standard InChI is InChI=1S/C20H23N3O2S/c1-13(2)20-21-15(12-26-20)10-22(4)19(25)11-23-17-8-6-5-7-16(17)14(3)9-18(23)24/h5-9,12-13H,10-11H2,1-4H3. The number of benzene rings is 1. The summed E-state index contributed by atoms with van der Waals surface area (Å²) in [6.07, 6.45) is 0. The number of para-hydroxylation sites is 1. The van der Waals surface area contributed by atoms with Gasteiger partial charge in [-0.25, -0.2) is 4.98 Å². The van der Waals surface area contributed by atoms with E-state index < -0.39 is 0 Å². The number of hydrogen-bond acceptors (Lipinski definition) is 4. The number of likely N-dealkylation sites (N-methyl/N-ethyl adjacent to an activating group) is 1. The third-order valence-corrected chi connectivity index (χ3v) is 5.60. The Bertz CT molecular complexity index is 1000. The first-order valence-electron chi connectivity index (χ1n) is 8.64. The molecule has 0 aliphatic carbocycles. The molecule has 0 atom stereocenters. The molecule has 136 valence electrons. The first-order chi connectivity index (χ1) is 12.4. The highest BCUT2D eigenvalue weighted by Crippen LogP contribution is 2.20. The zero-order valence-electron chi connectivity index (χ0n) is 15.5. The third kappa shape index (κ3) is 3.70. The van der Waals surface area contributed by atoms with Crippen LogP contribution in [0, 0.1) is 6.92 Å². The van der Waals surface area contributed by atoms with Crippen molar-refractivity contribution in [2.24, 2.45) is 0 Å². The summed E-state index contributed by atoms with van der Waals surface area (Å²) < 4.78 is 1.54. The van der Waals surface area contributed by atoms with E-state index in [0.717, 1.165) is 27.2 Å². The van der Waals surface area contributed by atoms with E-state index in [4.69, 9.17) is 0 Å². The van der Waals surface area contributed by atoms with Crippen LogP contribution in [0.15, 0.2) is 40.5 Å². The molecule has 0 fully saturated rings. The smallest absolute Gasteiger partial charge is 0.251 e. The van der Waals surface area contributed by atoms with E-state index in [1.165, 1.54) is 0 Å². The number of rotatable bonds is 5. The molecule has 0 bridgehead atoms. The van der Waals surface area contributed by atoms with Crippen LogP contribution in [0.25, 0.3) is 10.9 Å². The molecule has 0 unspecified atom stereocenters. The van der Waals surface area contributed by atoms with Gasteiger partial charge >= 0.3 is 0 Å². The van der Waals surface area contributed by atoms with Gasteiger partial charge in [-0.2, -0.15) is 0 Å². The van der Waals surface area contributed by atoms with Gasteiger partial charge in [0.25, 0.3) is 5.56 Å². The summed E-state index contributed by atoms with van der Waals surface area (Å²) >= 11 is 1.62. The lowest BCUT2D eigenvalue weighted by molar-refractivity contribution is -0.131. The number of carbonyl (C=O) groups excluding carboxylic acids is 1. The maximum Gasteiger partial charge on any atom is 0.251 e. The summed E-state index contributed by atoms with van der Waals surface area (Å²) in [5, 5.41) is 4.05. The normalized spacial score (nSPS) is 11.3. The van der Waals surface area contributed by atoms with Crippen molar-refractivity contribution in [1.29, 1.82) is 0 Å². The number of fused-ring (bicyclic) bond motifs is 1. The van der Waals surface area contributed by atoms with Crippen molar-refractivity contribution in [2.45, 2.75) is 39.8 Å². The second-order valence-electron chi connectivity index (χ2n) is 6.85. The highest BCUT2D eigenvalue weighted by atomic mass is 32.1. The van der Waals surface area contributed by atoms with Crippen LogP contribution in [0.3, 0.4) is 0 Å². The number of thiazole rings is 1. The number of amides is 1. The van der Waals surface area contributed by atoms with E-state index in [1.54, 1.807) is 33.9 Å². The number of pyridine rings is 1. The topological polar surface area (TPSA) is 55.2 Å². The summed E-state index contributed by atoms with van der Waals surface area (Å²) in [6.45, 7) is 6.59. The SMILES string of the molecule is Cc1cc(=O)n(CC(=O)N(C)Cc2csc(C(C)C)n2)c2ccccc12. The fraction of sp³-hybridized carbons (Fsp3) is 0.350. The van der Waals surface area contributed by atoms with Crippen LogP contribution in [0.2, 0.25) is 0 Å². The fourth-order valence-corrected chi connectivity index (χ4v) is 3.74. The van der Waals surface area contributed by atoms with E-state index in [-0.39, 0.29) is 18.0 Å². The van der Waals surface area contributed by atoms with Gasteiger partial charge in [0.15, 0.2) is 0 Å². The van der Waals surface area contributed by atoms with Crippen LogP contribution in [0.4, 0.5) is 0 Å². The Kier molecular flexibility index (Phi) is 5.23. The van der Waals surface area contributed by atoms with Gasteiger partial charge < -0.3 is 4.90 Å². The molecule has 0 saturated heterocycles. The largest absolute Gasteiger partial charge is 0.338 e. The van der Waals surface area contributed by atoms with Crippen LogP contribution in [-0.2, 0) is 17.9 Å². The Morgan fingerprint density at radius 2 is 2.04 bits per heavy atom. The predicted octanol–water partition coefficient (Wildman–Crippen LogP) is 3.55. The molecular weight excluding hydrogens is 346 g/mol. The van der Waals surface area contributed by atoms with Crippen molar-refractivity contribution in [3.63, 3.8) is 0 Å². The van der Waals surface area contributed by atoms with Crippen LogP contribution in [0.1, 0.15) is 36.0 Å². The molecule has 0 saturated carbocycles. The average molecular weight is 369 g/mol. The fourth-order valence-electron chi connectivity index (χ4n) is 2.91. The molecule has 5 nitrogen and oxygen atoms in total. The van der Waals surface area contributed by atoms with Crippen molar-refractivity contribution >= 4 is 28.1 Å². The minimum Gasteiger partial charge on any atom is -0.338 e. The summed E-state index contributed by atoms with van der Waals surface area (Å²) in [7, 11) is 1.75. The van der Waals surface area contributed by atoms with Crippen molar-refractivity contribution < 1.29 is 4.79 Å². The lowest BCUT2D eigenvalue weighted by atomic mass is 10.1. The molecule has 0 spiro atoms. The first-order valence-corrected chi connectivity index (χ1v) is 9.52. The molecule has 1 aromatic carbocycles. The summed E-state index contributed by atoms with van der Waals surface area (Å²) in [6, 6.07) is 9.26. The van der Waals surface area contributed by atoms with Crippen LogP contribution >= 0.6 is 11.3 Å². The molecule has 2 aromatic heterocycles.